The van der Waals surface area contributed by atoms with Crippen LogP contribution in [-0.2, 0) is 0 Å². The van der Waals surface area contributed by atoms with Crippen molar-refractivity contribution >= 4 is 11.0 Å². The fourth-order valence-electron chi connectivity index (χ4n) is 3.36. The van der Waals surface area contributed by atoms with Crippen molar-refractivity contribution in [2.24, 2.45) is 0 Å². The molecule has 1 aliphatic heterocycles. The molecule has 1 aromatic carbocycles. The van der Waals surface area contributed by atoms with Gasteiger partial charge >= 0.3 is 0 Å². The average molecular weight is 366 g/mol. The maximum atomic E-state index is 11.8. The Morgan fingerprint density at radius 3 is 3.04 bits per heavy atom. The lowest BCUT2D eigenvalue weighted by atomic mass is 10.1. The highest BCUT2D eigenvalue weighted by atomic mass is 16.5. The second-order valence-corrected chi connectivity index (χ2v) is 6.51. The van der Waals surface area contributed by atoms with Crippen molar-refractivity contribution in [1.82, 2.24) is 20.2 Å². The first kappa shape index (κ1) is 17.6. The van der Waals surface area contributed by atoms with Gasteiger partial charge in [-0.25, -0.2) is 9.97 Å². The Labute approximate surface area is 157 Å². The zero-order valence-electron chi connectivity index (χ0n) is 15.0. The summed E-state index contributed by atoms with van der Waals surface area (Å²) in [5, 5.41) is 3.98. The first-order chi connectivity index (χ1) is 13.3. The van der Waals surface area contributed by atoms with E-state index in [1.165, 1.54) is 12.3 Å². The van der Waals surface area contributed by atoms with Gasteiger partial charge in [0, 0.05) is 50.7 Å². The number of aromatic nitrogens is 2. The van der Waals surface area contributed by atoms with E-state index in [0.717, 1.165) is 38.4 Å². The van der Waals surface area contributed by atoms with Crippen LogP contribution in [-0.4, -0.2) is 47.7 Å². The molecule has 1 N–H and O–H groups in total. The van der Waals surface area contributed by atoms with Crippen LogP contribution >= 0.6 is 0 Å². The van der Waals surface area contributed by atoms with Gasteiger partial charge in [0.15, 0.2) is 5.43 Å². The molecule has 1 saturated heterocycles. The predicted molar refractivity (Wildman–Crippen MR) is 102 cm³/mol. The van der Waals surface area contributed by atoms with E-state index in [4.69, 9.17) is 9.15 Å². The van der Waals surface area contributed by atoms with Gasteiger partial charge in [0.05, 0.1) is 24.3 Å². The smallest absolute Gasteiger partial charge is 0.192 e. The highest BCUT2D eigenvalue weighted by Gasteiger charge is 2.25. The van der Waals surface area contributed by atoms with Crippen molar-refractivity contribution in [3.05, 3.63) is 65.0 Å². The number of nitrogens with zero attached hydrogens (tertiary/aromatic N) is 3. The lowest BCUT2D eigenvalue weighted by Gasteiger charge is -2.35. The molecule has 0 radical (unpaired) electrons. The SMILES string of the molecule is O=c1ccoc2cc(OCCCN3CCNCC3c3ncccn3)ccc12. The molecule has 0 bridgehead atoms. The van der Waals surface area contributed by atoms with E-state index in [0.29, 0.717) is 23.3 Å². The molecule has 0 spiro atoms. The minimum absolute atomic E-state index is 0.0457. The van der Waals surface area contributed by atoms with Crippen molar-refractivity contribution in [2.45, 2.75) is 12.5 Å². The number of hydrogen-bond donors (Lipinski definition) is 1. The molecule has 7 heteroatoms. The zero-order chi connectivity index (χ0) is 18.5. The Kier molecular flexibility index (Phi) is 5.41. The van der Waals surface area contributed by atoms with Crippen LogP contribution in [0.15, 0.2) is 58.2 Å². The van der Waals surface area contributed by atoms with Gasteiger partial charge in [0.25, 0.3) is 0 Å². The summed E-state index contributed by atoms with van der Waals surface area (Å²) < 4.78 is 11.2. The Morgan fingerprint density at radius 1 is 1.26 bits per heavy atom. The van der Waals surface area contributed by atoms with Gasteiger partial charge in [-0.15, -0.1) is 0 Å². The number of nitrogens with one attached hydrogen (secondary N) is 1. The summed E-state index contributed by atoms with van der Waals surface area (Å²) in [5.74, 6) is 1.57. The first-order valence-corrected chi connectivity index (χ1v) is 9.17. The van der Waals surface area contributed by atoms with Gasteiger partial charge in [-0.05, 0) is 24.6 Å². The number of hydrogen-bond acceptors (Lipinski definition) is 7. The third-order valence-corrected chi connectivity index (χ3v) is 4.73. The summed E-state index contributed by atoms with van der Waals surface area (Å²) in [6.45, 7) is 4.29. The number of ether oxygens (including phenoxy) is 1. The van der Waals surface area contributed by atoms with Crippen LogP contribution in [0.2, 0.25) is 0 Å². The largest absolute Gasteiger partial charge is 0.493 e. The average Bonchev–Trinajstić information content (AvgIpc) is 2.72. The Hall–Kier alpha value is -2.77. The van der Waals surface area contributed by atoms with Crippen LogP contribution in [0, 0.1) is 0 Å². The molecule has 0 amide bonds. The maximum Gasteiger partial charge on any atom is 0.192 e. The topological polar surface area (TPSA) is 80.5 Å². The summed E-state index contributed by atoms with van der Waals surface area (Å²) in [6.07, 6.45) is 5.87. The van der Waals surface area contributed by atoms with E-state index in [1.807, 2.05) is 12.1 Å². The van der Waals surface area contributed by atoms with Gasteiger partial charge in [-0.2, -0.15) is 0 Å². The maximum absolute atomic E-state index is 11.8. The van der Waals surface area contributed by atoms with Crippen LogP contribution in [0.5, 0.6) is 5.75 Å². The molecule has 1 aliphatic rings. The van der Waals surface area contributed by atoms with E-state index in [9.17, 15) is 4.79 Å². The van der Waals surface area contributed by atoms with Gasteiger partial charge in [0.2, 0.25) is 0 Å². The van der Waals surface area contributed by atoms with Gasteiger partial charge in [0.1, 0.15) is 17.2 Å². The summed E-state index contributed by atoms with van der Waals surface area (Å²) in [7, 11) is 0. The molecule has 140 valence electrons. The lowest BCUT2D eigenvalue weighted by molar-refractivity contribution is 0.143. The second kappa shape index (κ2) is 8.28. The summed E-state index contributed by atoms with van der Waals surface area (Å²) in [5.41, 5.74) is 0.499. The minimum Gasteiger partial charge on any atom is -0.493 e. The van der Waals surface area contributed by atoms with Crippen LogP contribution in [0.4, 0.5) is 0 Å². The molecule has 2 aromatic heterocycles. The van der Waals surface area contributed by atoms with Gasteiger partial charge in [-0.1, -0.05) is 0 Å². The van der Waals surface area contributed by atoms with Gasteiger partial charge < -0.3 is 14.5 Å². The van der Waals surface area contributed by atoms with Crippen LogP contribution in [0.1, 0.15) is 18.3 Å². The fraction of sp³-hybridized carbons (Fsp3) is 0.350. The third kappa shape index (κ3) is 4.15. The van der Waals surface area contributed by atoms with E-state index in [1.54, 1.807) is 24.5 Å². The van der Waals surface area contributed by atoms with E-state index < -0.39 is 0 Å². The number of piperazine rings is 1. The molecule has 1 atom stereocenters. The highest BCUT2D eigenvalue weighted by Crippen LogP contribution is 2.20. The van der Waals surface area contributed by atoms with Crippen LogP contribution in [0.3, 0.4) is 0 Å². The van der Waals surface area contributed by atoms with Crippen molar-refractivity contribution in [3.8, 4) is 5.75 Å². The molecule has 3 heterocycles. The van der Waals surface area contributed by atoms with Gasteiger partial charge in [-0.3, -0.25) is 9.69 Å². The molecule has 3 aromatic rings. The Balaban J connectivity index is 1.33. The molecule has 0 saturated carbocycles. The first-order valence-electron chi connectivity index (χ1n) is 9.17. The van der Waals surface area contributed by atoms with Crippen LogP contribution < -0.4 is 15.5 Å². The van der Waals surface area contributed by atoms with E-state index in [2.05, 4.69) is 20.2 Å². The second-order valence-electron chi connectivity index (χ2n) is 6.51. The van der Waals surface area contributed by atoms with Crippen molar-refractivity contribution in [2.75, 3.05) is 32.8 Å². The molecule has 27 heavy (non-hydrogen) atoms. The molecule has 1 unspecified atom stereocenters. The summed E-state index contributed by atoms with van der Waals surface area (Å²) in [4.78, 5) is 23.0. The number of rotatable bonds is 6. The van der Waals surface area contributed by atoms with Crippen molar-refractivity contribution < 1.29 is 9.15 Å². The molecule has 4 rings (SSSR count). The zero-order valence-corrected chi connectivity index (χ0v) is 15.0. The molecule has 7 nitrogen and oxygen atoms in total. The van der Waals surface area contributed by atoms with Crippen molar-refractivity contribution in [1.29, 1.82) is 0 Å². The monoisotopic (exact) mass is 366 g/mol. The minimum atomic E-state index is -0.0457. The Morgan fingerprint density at radius 2 is 2.15 bits per heavy atom. The summed E-state index contributed by atoms with van der Waals surface area (Å²) in [6, 6.07) is 8.77. The number of fused-ring (bicyclic) bond motifs is 1. The Bertz CT molecular complexity index is 945. The molecule has 0 aliphatic carbocycles. The van der Waals surface area contributed by atoms with E-state index >= 15 is 0 Å². The normalized spacial score (nSPS) is 17.9. The van der Waals surface area contributed by atoms with Crippen molar-refractivity contribution in [3.63, 3.8) is 0 Å². The lowest BCUT2D eigenvalue weighted by Crippen LogP contribution is -2.47. The highest BCUT2D eigenvalue weighted by molar-refractivity contribution is 5.77. The van der Waals surface area contributed by atoms with Crippen LogP contribution in [0.25, 0.3) is 11.0 Å². The fourth-order valence-corrected chi connectivity index (χ4v) is 3.36. The molecular formula is C20H22N4O3. The standard InChI is InChI=1S/C20H22N4O3/c25-18-5-12-27-19-13-15(3-4-16(18)19)26-11-2-9-24-10-8-21-14-17(24)20-22-6-1-7-23-20/h1,3-7,12-13,17,21H,2,8-11,14H2. The summed E-state index contributed by atoms with van der Waals surface area (Å²) >= 11 is 0. The molecular weight excluding hydrogens is 344 g/mol. The quantitative estimate of drug-likeness (QED) is 0.668. The third-order valence-electron chi connectivity index (χ3n) is 4.73. The molecule has 1 fully saturated rings. The number of benzene rings is 1. The predicted octanol–water partition coefficient (Wildman–Crippen LogP) is 2.00. The van der Waals surface area contributed by atoms with E-state index in [-0.39, 0.29) is 11.5 Å².